The van der Waals surface area contributed by atoms with E-state index in [1.807, 2.05) is 17.8 Å². The zero-order valence-corrected chi connectivity index (χ0v) is 11.8. The Balaban J connectivity index is 2.08. The van der Waals surface area contributed by atoms with Crippen molar-refractivity contribution >= 4 is 35.0 Å². The quantitative estimate of drug-likeness (QED) is 0.862. The number of methoxy groups -OCH3 is 1. The zero-order chi connectivity index (χ0) is 13.0. The van der Waals surface area contributed by atoms with Crippen molar-refractivity contribution in [2.75, 3.05) is 30.5 Å². The Morgan fingerprint density at radius 1 is 1.61 bits per heavy atom. The number of hydrogen-bond donors (Lipinski definition) is 1. The first-order chi connectivity index (χ1) is 8.70. The van der Waals surface area contributed by atoms with Crippen molar-refractivity contribution in [1.82, 2.24) is 0 Å². The number of carbonyl (C=O) groups excluding carboxylic acids is 1. The summed E-state index contributed by atoms with van der Waals surface area (Å²) < 4.78 is 4.76. The SMILES string of the molecule is COC(=O)c1cc(Cl)ccc1NCC1CCSC1. The van der Waals surface area contributed by atoms with E-state index in [-0.39, 0.29) is 5.97 Å². The van der Waals surface area contributed by atoms with Crippen LogP contribution in [0.2, 0.25) is 5.02 Å². The van der Waals surface area contributed by atoms with Gasteiger partial charge in [0.1, 0.15) is 0 Å². The second-order valence-corrected chi connectivity index (χ2v) is 5.88. The van der Waals surface area contributed by atoms with Crippen molar-refractivity contribution in [3.05, 3.63) is 28.8 Å². The Hall–Kier alpha value is -0.870. The van der Waals surface area contributed by atoms with E-state index in [4.69, 9.17) is 16.3 Å². The summed E-state index contributed by atoms with van der Waals surface area (Å²) in [5.74, 6) is 2.74. The monoisotopic (exact) mass is 285 g/mol. The molecule has 0 aromatic heterocycles. The van der Waals surface area contributed by atoms with Crippen LogP contribution in [0.25, 0.3) is 0 Å². The van der Waals surface area contributed by atoms with E-state index in [0.29, 0.717) is 16.5 Å². The molecule has 1 aliphatic rings. The van der Waals surface area contributed by atoms with Crippen LogP contribution in [0.3, 0.4) is 0 Å². The van der Waals surface area contributed by atoms with Crippen molar-refractivity contribution in [2.45, 2.75) is 6.42 Å². The molecule has 0 spiro atoms. The topological polar surface area (TPSA) is 38.3 Å². The van der Waals surface area contributed by atoms with Crippen molar-refractivity contribution in [1.29, 1.82) is 0 Å². The number of rotatable bonds is 4. The van der Waals surface area contributed by atoms with E-state index >= 15 is 0 Å². The third-order valence-electron chi connectivity index (χ3n) is 2.99. The van der Waals surface area contributed by atoms with E-state index < -0.39 is 0 Å². The first-order valence-electron chi connectivity index (χ1n) is 5.90. The van der Waals surface area contributed by atoms with Crippen LogP contribution in [-0.2, 0) is 4.74 Å². The summed E-state index contributed by atoms with van der Waals surface area (Å²) in [7, 11) is 1.38. The Morgan fingerprint density at radius 3 is 3.11 bits per heavy atom. The lowest BCUT2D eigenvalue weighted by Gasteiger charge is -2.14. The van der Waals surface area contributed by atoms with Gasteiger partial charge in [0.25, 0.3) is 0 Å². The minimum atomic E-state index is -0.360. The molecule has 1 heterocycles. The number of carbonyl (C=O) groups is 1. The molecule has 1 aromatic carbocycles. The molecule has 0 saturated carbocycles. The molecule has 1 saturated heterocycles. The number of ether oxygens (including phenoxy) is 1. The molecular formula is C13H16ClNO2S. The molecule has 2 rings (SSSR count). The fourth-order valence-corrected chi connectivity index (χ4v) is 3.40. The van der Waals surface area contributed by atoms with Crippen molar-refractivity contribution in [3.8, 4) is 0 Å². The van der Waals surface area contributed by atoms with Crippen LogP contribution in [0, 0.1) is 5.92 Å². The number of nitrogens with one attached hydrogen (secondary N) is 1. The summed E-state index contributed by atoms with van der Waals surface area (Å²) in [6.07, 6.45) is 1.23. The van der Waals surface area contributed by atoms with E-state index in [1.165, 1.54) is 25.0 Å². The maximum atomic E-state index is 11.7. The first kappa shape index (κ1) is 13.6. The minimum absolute atomic E-state index is 0.360. The summed E-state index contributed by atoms with van der Waals surface area (Å²) in [5, 5.41) is 3.86. The first-order valence-corrected chi connectivity index (χ1v) is 7.43. The minimum Gasteiger partial charge on any atom is -0.465 e. The average molecular weight is 286 g/mol. The summed E-state index contributed by atoms with van der Waals surface area (Å²) in [6.45, 7) is 0.888. The van der Waals surface area contributed by atoms with E-state index in [2.05, 4.69) is 5.32 Å². The Labute approximate surface area is 116 Å². The molecule has 1 aliphatic heterocycles. The molecule has 0 amide bonds. The highest BCUT2D eigenvalue weighted by Gasteiger charge is 2.17. The number of hydrogen-bond acceptors (Lipinski definition) is 4. The lowest BCUT2D eigenvalue weighted by molar-refractivity contribution is 0.0602. The molecule has 18 heavy (non-hydrogen) atoms. The summed E-state index contributed by atoms with van der Waals surface area (Å²) in [6, 6.07) is 5.25. The molecule has 3 nitrogen and oxygen atoms in total. The molecule has 1 fully saturated rings. The predicted octanol–water partition coefficient (Wildman–Crippen LogP) is 3.29. The number of benzene rings is 1. The third kappa shape index (κ3) is 3.33. The third-order valence-corrected chi connectivity index (χ3v) is 4.46. The average Bonchev–Trinajstić information content (AvgIpc) is 2.89. The Morgan fingerprint density at radius 2 is 2.44 bits per heavy atom. The molecule has 0 bridgehead atoms. The number of esters is 1. The molecule has 1 aromatic rings. The highest BCUT2D eigenvalue weighted by Crippen LogP contribution is 2.26. The molecule has 1 unspecified atom stereocenters. The van der Waals surface area contributed by atoms with Gasteiger partial charge >= 0.3 is 5.97 Å². The lowest BCUT2D eigenvalue weighted by Crippen LogP contribution is -2.16. The standard InChI is InChI=1S/C13H16ClNO2S/c1-17-13(16)11-6-10(14)2-3-12(11)15-7-9-4-5-18-8-9/h2-3,6,9,15H,4-5,7-8H2,1H3. The van der Waals surface area contributed by atoms with Crippen molar-refractivity contribution < 1.29 is 9.53 Å². The smallest absolute Gasteiger partial charge is 0.340 e. The molecule has 0 aliphatic carbocycles. The van der Waals surface area contributed by atoms with Gasteiger partial charge in [0.15, 0.2) is 0 Å². The summed E-state index contributed by atoms with van der Waals surface area (Å²) in [4.78, 5) is 11.7. The van der Waals surface area contributed by atoms with Crippen molar-refractivity contribution in [3.63, 3.8) is 0 Å². The fourth-order valence-electron chi connectivity index (χ4n) is 1.95. The van der Waals surface area contributed by atoms with Gasteiger partial charge in [-0.15, -0.1) is 0 Å². The highest BCUT2D eigenvalue weighted by molar-refractivity contribution is 7.99. The molecule has 98 valence electrons. The predicted molar refractivity (Wildman–Crippen MR) is 76.7 cm³/mol. The molecular weight excluding hydrogens is 270 g/mol. The van der Waals surface area contributed by atoms with Gasteiger partial charge in [-0.25, -0.2) is 4.79 Å². The van der Waals surface area contributed by atoms with Crippen LogP contribution >= 0.6 is 23.4 Å². The van der Waals surface area contributed by atoms with Gasteiger partial charge in [-0.1, -0.05) is 11.6 Å². The number of thioether (sulfide) groups is 1. The summed E-state index contributed by atoms with van der Waals surface area (Å²) in [5.41, 5.74) is 1.29. The van der Waals surface area contributed by atoms with Crippen molar-refractivity contribution in [2.24, 2.45) is 5.92 Å². The molecule has 0 radical (unpaired) electrons. The van der Waals surface area contributed by atoms with Gasteiger partial charge in [0.2, 0.25) is 0 Å². The van der Waals surface area contributed by atoms with Gasteiger partial charge < -0.3 is 10.1 Å². The number of anilines is 1. The van der Waals surface area contributed by atoms with Crippen LogP contribution in [0.15, 0.2) is 18.2 Å². The maximum Gasteiger partial charge on any atom is 0.340 e. The zero-order valence-electron chi connectivity index (χ0n) is 10.2. The second kappa shape index (κ2) is 6.34. The van der Waals surface area contributed by atoms with Crippen LogP contribution < -0.4 is 5.32 Å². The van der Waals surface area contributed by atoms with Gasteiger partial charge in [-0.05, 0) is 42.0 Å². The number of halogens is 1. The lowest BCUT2D eigenvalue weighted by atomic mass is 10.1. The van der Waals surface area contributed by atoms with Gasteiger partial charge in [-0.3, -0.25) is 0 Å². The Bertz CT molecular complexity index is 433. The van der Waals surface area contributed by atoms with E-state index in [0.717, 1.165) is 12.2 Å². The largest absolute Gasteiger partial charge is 0.465 e. The maximum absolute atomic E-state index is 11.7. The van der Waals surface area contributed by atoms with Gasteiger partial charge in [-0.2, -0.15) is 11.8 Å². The van der Waals surface area contributed by atoms with Crippen LogP contribution in [0.1, 0.15) is 16.8 Å². The normalized spacial score (nSPS) is 18.7. The highest BCUT2D eigenvalue weighted by atomic mass is 35.5. The van der Waals surface area contributed by atoms with Gasteiger partial charge in [0, 0.05) is 17.3 Å². The fraction of sp³-hybridized carbons (Fsp3) is 0.462. The summed E-state index contributed by atoms with van der Waals surface area (Å²) >= 11 is 7.89. The molecule has 1 N–H and O–H groups in total. The van der Waals surface area contributed by atoms with Crippen LogP contribution in [0.4, 0.5) is 5.69 Å². The van der Waals surface area contributed by atoms with E-state index in [1.54, 1.807) is 12.1 Å². The molecule has 5 heteroatoms. The molecule has 1 atom stereocenters. The van der Waals surface area contributed by atoms with Crippen LogP contribution in [-0.4, -0.2) is 31.1 Å². The Kier molecular flexibility index (Phi) is 4.78. The van der Waals surface area contributed by atoms with Crippen LogP contribution in [0.5, 0.6) is 0 Å². The van der Waals surface area contributed by atoms with Gasteiger partial charge in [0.05, 0.1) is 12.7 Å². The van der Waals surface area contributed by atoms with E-state index in [9.17, 15) is 4.79 Å². The second-order valence-electron chi connectivity index (χ2n) is 4.29.